The molecule has 7 rings (SSSR count). The highest BCUT2D eigenvalue weighted by Gasteiger charge is 2.44. The lowest BCUT2D eigenvalue weighted by molar-refractivity contribution is 0.0608. The molecule has 3 aromatic carbocycles. The number of aromatic nitrogens is 2. The van der Waals surface area contributed by atoms with Crippen LogP contribution in [0.15, 0.2) is 72.8 Å². The molecule has 42 heavy (non-hydrogen) atoms. The molecule has 218 valence electrons. The number of imidazole rings is 1. The molecule has 0 spiro atoms. The number of nitrogens with zero attached hydrogens (tertiary/aromatic N) is 4. The molecule has 0 saturated carbocycles. The molecule has 1 aromatic heterocycles. The van der Waals surface area contributed by atoms with E-state index in [1.165, 1.54) is 36.8 Å². The van der Waals surface area contributed by atoms with Crippen LogP contribution in [0, 0.1) is 6.92 Å². The van der Waals surface area contributed by atoms with Crippen molar-refractivity contribution >= 4 is 34.2 Å². The van der Waals surface area contributed by atoms with Gasteiger partial charge in [0.2, 0.25) is 0 Å². The number of hydrogen-bond acceptors (Lipinski definition) is 4. The van der Waals surface area contributed by atoms with Crippen LogP contribution in [-0.2, 0) is 5.41 Å². The maximum atomic E-state index is 13.5. The molecule has 2 N–H and O–H groups in total. The van der Waals surface area contributed by atoms with Gasteiger partial charge in [-0.2, -0.15) is 0 Å². The second kappa shape index (κ2) is 11.1. The number of benzene rings is 3. The first-order valence-electron chi connectivity index (χ1n) is 15.5. The lowest BCUT2D eigenvalue weighted by atomic mass is 9.70. The van der Waals surface area contributed by atoms with E-state index in [-0.39, 0.29) is 11.3 Å². The number of aryl methyl sites for hydroxylation is 1. The Hall–Kier alpha value is -3.35. The van der Waals surface area contributed by atoms with Crippen LogP contribution in [0.4, 0.5) is 5.69 Å². The Morgan fingerprint density at radius 2 is 1.62 bits per heavy atom. The maximum absolute atomic E-state index is 13.5. The fourth-order valence-corrected chi connectivity index (χ4v) is 8.59. The summed E-state index contributed by atoms with van der Waals surface area (Å²) < 4.78 is 2.52. The van der Waals surface area contributed by atoms with Crippen LogP contribution in [0.3, 0.4) is 0 Å². The Bertz CT molecular complexity index is 1560. The monoisotopic (exact) mass is 581 g/mol. The standard InChI is InChI=1S/C35H40ClN5O/c1-24-38-31-12-5-6-13-32(31)41(24)28-22-26-14-15-27(23-28)40(26)21-18-35(25-8-3-2-4-9-25)16-19-39(20-17-35)34(42)33-29(36)10-7-11-30(33)37/h2-13,26-28H,14-23,37H2,1H3/t26-,27+,28+. The van der Waals surface area contributed by atoms with Crippen LogP contribution in [0.2, 0.25) is 5.02 Å². The van der Waals surface area contributed by atoms with Crippen LogP contribution >= 0.6 is 11.6 Å². The van der Waals surface area contributed by atoms with Crippen molar-refractivity contribution in [2.24, 2.45) is 0 Å². The van der Waals surface area contributed by atoms with Gasteiger partial charge in [-0.25, -0.2) is 4.98 Å². The van der Waals surface area contributed by atoms with Gasteiger partial charge >= 0.3 is 0 Å². The van der Waals surface area contributed by atoms with E-state index in [1.807, 2.05) is 4.90 Å². The summed E-state index contributed by atoms with van der Waals surface area (Å²) in [5.74, 6) is 1.08. The Morgan fingerprint density at radius 1 is 0.929 bits per heavy atom. The summed E-state index contributed by atoms with van der Waals surface area (Å²) >= 11 is 6.41. The summed E-state index contributed by atoms with van der Waals surface area (Å²) in [6, 6.07) is 26.6. The van der Waals surface area contributed by atoms with Crippen LogP contribution in [0.1, 0.15) is 72.7 Å². The first kappa shape index (κ1) is 27.5. The minimum atomic E-state index is -0.0535. The van der Waals surface area contributed by atoms with Gasteiger partial charge in [-0.1, -0.05) is 60.1 Å². The average Bonchev–Trinajstić information content (AvgIpc) is 3.47. The van der Waals surface area contributed by atoms with Gasteiger partial charge in [-0.05, 0) is 93.7 Å². The van der Waals surface area contributed by atoms with Crippen molar-refractivity contribution in [1.82, 2.24) is 19.4 Å². The van der Waals surface area contributed by atoms with E-state index in [2.05, 4.69) is 71.0 Å². The second-order valence-corrected chi connectivity index (χ2v) is 13.1. The molecule has 7 heteroatoms. The topological polar surface area (TPSA) is 67.4 Å². The lowest BCUT2D eigenvalue weighted by Gasteiger charge is -2.45. The van der Waals surface area contributed by atoms with Crippen molar-refractivity contribution in [2.45, 2.75) is 75.4 Å². The minimum absolute atomic E-state index is 0.0531. The lowest BCUT2D eigenvalue weighted by Crippen LogP contribution is -2.49. The third-order valence-corrected chi connectivity index (χ3v) is 10.8. The number of para-hydroxylation sites is 2. The van der Waals surface area contributed by atoms with Crippen molar-refractivity contribution < 1.29 is 4.79 Å². The van der Waals surface area contributed by atoms with Gasteiger partial charge < -0.3 is 15.2 Å². The highest BCUT2D eigenvalue weighted by molar-refractivity contribution is 6.34. The zero-order valence-electron chi connectivity index (χ0n) is 24.4. The number of hydrogen-bond donors (Lipinski definition) is 1. The zero-order valence-corrected chi connectivity index (χ0v) is 25.1. The van der Waals surface area contributed by atoms with Crippen LogP contribution < -0.4 is 5.73 Å². The molecule has 0 radical (unpaired) electrons. The Kier molecular flexibility index (Phi) is 7.23. The maximum Gasteiger partial charge on any atom is 0.257 e. The number of fused-ring (bicyclic) bond motifs is 3. The normalized spacial score (nSPS) is 23.9. The SMILES string of the molecule is Cc1nc2ccccc2n1[C@H]1C[C@H]2CC[C@@H](C1)N2CCC1(c2ccccc2)CCN(C(=O)c2c(N)cccc2Cl)CC1. The summed E-state index contributed by atoms with van der Waals surface area (Å²) in [6.45, 7) is 4.68. The van der Waals surface area contributed by atoms with Gasteiger partial charge in [0, 0.05) is 36.9 Å². The molecule has 4 aromatic rings. The van der Waals surface area contributed by atoms with Crippen molar-refractivity contribution in [2.75, 3.05) is 25.4 Å². The molecule has 4 heterocycles. The van der Waals surface area contributed by atoms with Gasteiger partial charge in [0.1, 0.15) is 5.82 Å². The first-order chi connectivity index (χ1) is 20.4. The van der Waals surface area contributed by atoms with E-state index in [9.17, 15) is 4.79 Å². The predicted octanol–water partition coefficient (Wildman–Crippen LogP) is 7.01. The summed E-state index contributed by atoms with van der Waals surface area (Å²) in [6.07, 6.45) is 7.95. The highest BCUT2D eigenvalue weighted by atomic mass is 35.5. The molecule has 3 aliphatic rings. The molecular formula is C35H40ClN5O. The number of rotatable bonds is 6. The van der Waals surface area contributed by atoms with Crippen LogP contribution in [-0.4, -0.2) is 57.0 Å². The number of nitrogen functional groups attached to an aromatic ring is 1. The number of carbonyl (C=O) groups excluding carboxylic acids is 1. The summed E-state index contributed by atoms with van der Waals surface area (Å²) in [4.78, 5) is 23.1. The van der Waals surface area contributed by atoms with E-state index in [1.54, 1.807) is 18.2 Å². The van der Waals surface area contributed by atoms with Gasteiger partial charge in [0.05, 0.1) is 21.6 Å². The molecule has 3 atom stereocenters. The van der Waals surface area contributed by atoms with E-state index >= 15 is 0 Å². The fraction of sp³-hybridized carbons (Fsp3) is 0.429. The van der Waals surface area contributed by atoms with Gasteiger partial charge in [-0.3, -0.25) is 9.69 Å². The third-order valence-electron chi connectivity index (χ3n) is 10.5. The molecule has 3 aliphatic heterocycles. The van der Waals surface area contributed by atoms with Gasteiger partial charge in [-0.15, -0.1) is 0 Å². The molecule has 0 aliphatic carbocycles. The zero-order chi connectivity index (χ0) is 28.8. The number of amides is 1. The van der Waals surface area contributed by atoms with Crippen molar-refractivity contribution in [3.8, 4) is 0 Å². The number of likely N-dealkylation sites (tertiary alicyclic amines) is 1. The van der Waals surface area contributed by atoms with Crippen LogP contribution in [0.25, 0.3) is 11.0 Å². The van der Waals surface area contributed by atoms with Crippen molar-refractivity contribution in [3.05, 3.63) is 94.8 Å². The summed E-state index contributed by atoms with van der Waals surface area (Å²) in [7, 11) is 0. The van der Waals surface area contributed by atoms with Gasteiger partial charge in [0.25, 0.3) is 5.91 Å². The Labute approximate surface area is 253 Å². The first-order valence-corrected chi connectivity index (χ1v) is 15.9. The average molecular weight is 582 g/mol. The van der Waals surface area contributed by atoms with Crippen LogP contribution in [0.5, 0.6) is 0 Å². The summed E-state index contributed by atoms with van der Waals surface area (Å²) in [5.41, 5.74) is 10.9. The number of piperidine rings is 2. The number of anilines is 1. The molecule has 2 bridgehead atoms. The Balaban J connectivity index is 1.07. The smallest absolute Gasteiger partial charge is 0.257 e. The number of carbonyl (C=O) groups is 1. The Morgan fingerprint density at radius 3 is 2.33 bits per heavy atom. The molecule has 1 amide bonds. The highest BCUT2D eigenvalue weighted by Crippen LogP contribution is 2.45. The van der Waals surface area contributed by atoms with Crippen molar-refractivity contribution in [3.63, 3.8) is 0 Å². The molecular weight excluding hydrogens is 542 g/mol. The van der Waals surface area contributed by atoms with E-state index in [0.717, 1.165) is 37.1 Å². The van der Waals surface area contributed by atoms with Gasteiger partial charge in [0.15, 0.2) is 0 Å². The van der Waals surface area contributed by atoms with E-state index in [4.69, 9.17) is 22.3 Å². The molecule has 3 saturated heterocycles. The number of nitrogens with two attached hydrogens (primary N) is 1. The quantitative estimate of drug-likeness (QED) is 0.249. The number of halogens is 1. The minimum Gasteiger partial charge on any atom is -0.398 e. The van der Waals surface area contributed by atoms with E-state index in [0.29, 0.717) is 47.5 Å². The third kappa shape index (κ3) is 4.79. The molecule has 3 fully saturated rings. The molecule has 6 nitrogen and oxygen atoms in total. The van der Waals surface area contributed by atoms with E-state index < -0.39 is 0 Å². The second-order valence-electron chi connectivity index (χ2n) is 12.7. The summed E-state index contributed by atoms with van der Waals surface area (Å²) in [5, 5.41) is 0.428. The molecule has 0 unspecified atom stereocenters. The fourth-order valence-electron chi connectivity index (χ4n) is 8.33. The van der Waals surface area contributed by atoms with Crippen molar-refractivity contribution in [1.29, 1.82) is 0 Å². The largest absolute Gasteiger partial charge is 0.398 e. The predicted molar refractivity (Wildman–Crippen MR) is 170 cm³/mol.